The zero-order chi connectivity index (χ0) is 10.8. The van der Waals surface area contributed by atoms with Crippen molar-refractivity contribution in [3.05, 3.63) is 23.7 Å². The second-order valence-electron chi connectivity index (χ2n) is 3.97. The van der Waals surface area contributed by atoms with E-state index in [4.69, 9.17) is 16.0 Å². The molecule has 1 aliphatic rings. The van der Waals surface area contributed by atoms with Gasteiger partial charge in [-0.2, -0.15) is 0 Å². The monoisotopic (exact) mass is 227 g/mol. The van der Waals surface area contributed by atoms with Crippen LogP contribution in [0.5, 0.6) is 0 Å². The molecule has 1 N–H and O–H groups in total. The molecule has 0 saturated heterocycles. The van der Waals surface area contributed by atoms with E-state index in [0.717, 1.165) is 25.0 Å². The third kappa shape index (κ3) is 2.34. The first-order chi connectivity index (χ1) is 7.16. The summed E-state index contributed by atoms with van der Waals surface area (Å²) in [5.74, 6) is 0.651. The summed E-state index contributed by atoms with van der Waals surface area (Å²) < 4.78 is 5.08. The van der Waals surface area contributed by atoms with Crippen molar-refractivity contribution in [2.75, 3.05) is 0 Å². The molecule has 1 fully saturated rings. The maximum absolute atomic E-state index is 11.7. The molecule has 1 aliphatic carbocycles. The number of rotatable bonds is 2. The number of halogens is 1. The lowest BCUT2D eigenvalue weighted by Crippen LogP contribution is -2.37. The standard InChI is InChI=1S/C11H14ClNO2/c1-7-5-8(6-15-7)11(14)13-10-4-2-3-9(10)12/h5-6,9-10H,2-4H2,1H3,(H,13,14). The van der Waals surface area contributed by atoms with Crippen molar-refractivity contribution in [1.82, 2.24) is 5.32 Å². The number of hydrogen-bond acceptors (Lipinski definition) is 2. The van der Waals surface area contributed by atoms with Gasteiger partial charge < -0.3 is 9.73 Å². The highest BCUT2D eigenvalue weighted by molar-refractivity contribution is 6.21. The van der Waals surface area contributed by atoms with Gasteiger partial charge in [-0.05, 0) is 32.3 Å². The molecule has 4 heteroatoms. The van der Waals surface area contributed by atoms with Crippen LogP contribution in [0.25, 0.3) is 0 Å². The Bertz CT molecular complexity index is 361. The predicted octanol–water partition coefficient (Wildman–Crippen LogP) is 2.48. The van der Waals surface area contributed by atoms with Crippen molar-refractivity contribution in [1.29, 1.82) is 0 Å². The minimum atomic E-state index is -0.0931. The van der Waals surface area contributed by atoms with Gasteiger partial charge in [0, 0.05) is 6.04 Å². The molecule has 1 aromatic rings. The van der Waals surface area contributed by atoms with E-state index in [1.54, 1.807) is 6.07 Å². The maximum Gasteiger partial charge on any atom is 0.254 e. The van der Waals surface area contributed by atoms with Crippen LogP contribution in [0.2, 0.25) is 0 Å². The lowest BCUT2D eigenvalue weighted by Gasteiger charge is -2.14. The number of hydrogen-bond donors (Lipinski definition) is 1. The summed E-state index contributed by atoms with van der Waals surface area (Å²) in [6.45, 7) is 1.82. The van der Waals surface area contributed by atoms with E-state index < -0.39 is 0 Å². The number of nitrogens with one attached hydrogen (secondary N) is 1. The molecule has 1 saturated carbocycles. The van der Waals surface area contributed by atoms with Gasteiger partial charge in [0.2, 0.25) is 0 Å². The predicted molar refractivity (Wildman–Crippen MR) is 58.2 cm³/mol. The third-order valence-corrected chi connectivity index (χ3v) is 3.26. The Balaban J connectivity index is 1.97. The number of amides is 1. The fourth-order valence-electron chi connectivity index (χ4n) is 1.89. The summed E-state index contributed by atoms with van der Waals surface area (Å²) in [4.78, 5) is 11.7. The smallest absolute Gasteiger partial charge is 0.254 e. The van der Waals surface area contributed by atoms with Crippen molar-refractivity contribution in [3.63, 3.8) is 0 Å². The highest BCUT2D eigenvalue weighted by Gasteiger charge is 2.27. The molecule has 0 aliphatic heterocycles. The molecule has 0 radical (unpaired) electrons. The summed E-state index contributed by atoms with van der Waals surface area (Å²) in [5, 5.41) is 3.00. The van der Waals surface area contributed by atoms with Gasteiger partial charge in [-0.15, -0.1) is 11.6 Å². The van der Waals surface area contributed by atoms with Crippen molar-refractivity contribution in [2.24, 2.45) is 0 Å². The highest BCUT2D eigenvalue weighted by atomic mass is 35.5. The van der Waals surface area contributed by atoms with E-state index >= 15 is 0 Å². The van der Waals surface area contributed by atoms with Gasteiger partial charge in [0.05, 0.1) is 10.9 Å². The van der Waals surface area contributed by atoms with Gasteiger partial charge in [0.25, 0.3) is 5.91 Å². The molecule has 2 unspecified atom stereocenters. The summed E-state index contributed by atoms with van der Waals surface area (Å²) in [7, 11) is 0. The largest absolute Gasteiger partial charge is 0.469 e. The SMILES string of the molecule is Cc1cc(C(=O)NC2CCCC2Cl)co1. The Morgan fingerprint density at radius 2 is 2.40 bits per heavy atom. The summed E-state index contributed by atoms with van der Waals surface area (Å²) in [6.07, 6.45) is 4.51. The van der Waals surface area contributed by atoms with E-state index in [2.05, 4.69) is 5.32 Å². The van der Waals surface area contributed by atoms with Gasteiger partial charge in [0.15, 0.2) is 0 Å². The average Bonchev–Trinajstić information content (AvgIpc) is 2.77. The summed E-state index contributed by atoms with van der Waals surface area (Å²) >= 11 is 6.08. The molecule has 1 amide bonds. The first kappa shape index (κ1) is 10.6. The number of carbonyl (C=O) groups is 1. The summed E-state index contributed by atoms with van der Waals surface area (Å²) in [5.41, 5.74) is 0.572. The Morgan fingerprint density at radius 1 is 1.60 bits per heavy atom. The van der Waals surface area contributed by atoms with E-state index in [1.807, 2.05) is 6.92 Å². The molecule has 1 aromatic heterocycles. The first-order valence-corrected chi connectivity index (χ1v) is 5.60. The van der Waals surface area contributed by atoms with E-state index in [9.17, 15) is 4.79 Å². The fraction of sp³-hybridized carbons (Fsp3) is 0.545. The van der Waals surface area contributed by atoms with Crippen molar-refractivity contribution in [3.8, 4) is 0 Å². The van der Waals surface area contributed by atoms with Crippen LogP contribution >= 0.6 is 11.6 Å². The molecule has 2 atom stereocenters. The number of aryl methyl sites for hydroxylation is 1. The third-order valence-electron chi connectivity index (χ3n) is 2.74. The van der Waals surface area contributed by atoms with Crippen LogP contribution < -0.4 is 5.32 Å². The zero-order valence-electron chi connectivity index (χ0n) is 8.63. The van der Waals surface area contributed by atoms with E-state index in [1.165, 1.54) is 6.26 Å². The Morgan fingerprint density at radius 3 is 2.93 bits per heavy atom. The van der Waals surface area contributed by atoms with Crippen molar-refractivity contribution < 1.29 is 9.21 Å². The molecule has 15 heavy (non-hydrogen) atoms. The highest BCUT2D eigenvalue weighted by Crippen LogP contribution is 2.24. The number of alkyl halides is 1. The topological polar surface area (TPSA) is 42.2 Å². The average molecular weight is 228 g/mol. The minimum absolute atomic E-state index is 0.0712. The molecule has 2 rings (SSSR count). The van der Waals surface area contributed by atoms with Crippen LogP contribution in [0, 0.1) is 6.92 Å². The molecule has 82 valence electrons. The lowest BCUT2D eigenvalue weighted by atomic mass is 10.2. The molecule has 0 aromatic carbocycles. The molecular formula is C11H14ClNO2. The van der Waals surface area contributed by atoms with Crippen LogP contribution in [0.3, 0.4) is 0 Å². The van der Waals surface area contributed by atoms with Crippen molar-refractivity contribution >= 4 is 17.5 Å². The maximum atomic E-state index is 11.7. The van der Waals surface area contributed by atoms with Crippen LogP contribution in [0.4, 0.5) is 0 Å². The van der Waals surface area contributed by atoms with Crippen LogP contribution in [0.1, 0.15) is 35.4 Å². The lowest BCUT2D eigenvalue weighted by molar-refractivity contribution is 0.0937. The van der Waals surface area contributed by atoms with Crippen LogP contribution in [-0.4, -0.2) is 17.3 Å². The second-order valence-corrected chi connectivity index (χ2v) is 4.53. The Hall–Kier alpha value is -0.960. The molecule has 1 heterocycles. The quantitative estimate of drug-likeness (QED) is 0.789. The van der Waals surface area contributed by atoms with Gasteiger partial charge in [-0.25, -0.2) is 0 Å². The number of furan rings is 1. The molecule has 0 bridgehead atoms. The van der Waals surface area contributed by atoms with Gasteiger partial charge >= 0.3 is 0 Å². The van der Waals surface area contributed by atoms with Gasteiger partial charge in [-0.1, -0.05) is 0 Å². The first-order valence-electron chi connectivity index (χ1n) is 5.17. The molecular weight excluding hydrogens is 214 g/mol. The normalized spacial score (nSPS) is 25.5. The van der Waals surface area contributed by atoms with Crippen LogP contribution in [-0.2, 0) is 0 Å². The van der Waals surface area contributed by atoms with E-state index in [-0.39, 0.29) is 17.3 Å². The molecule has 3 nitrogen and oxygen atoms in total. The van der Waals surface area contributed by atoms with Gasteiger partial charge in [-0.3, -0.25) is 4.79 Å². The second kappa shape index (κ2) is 4.27. The Kier molecular flexibility index (Phi) is 3.00. The molecule has 0 spiro atoms. The zero-order valence-corrected chi connectivity index (χ0v) is 9.38. The fourth-order valence-corrected chi connectivity index (χ4v) is 2.23. The van der Waals surface area contributed by atoms with Crippen molar-refractivity contribution in [2.45, 2.75) is 37.6 Å². The van der Waals surface area contributed by atoms with Crippen LogP contribution in [0.15, 0.2) is 16.7 Å². The van der Waals surface area contributed by atoms with Gasteiger partial charge in [0.1, 0.15) is 12.0 Å². The number of carbonyl (C=O) groups excluding carboxylic acids is 1. The Labute approximate surface area is 93.8 Å². The summed E-state index contributed by atoms with van der Waals surface area (Å²) in [6, 6.07) is 1.84. The minimum Gasteiger partial charge on any atom is -0.469 e. The van der Waals surface area contributed by atoms with E-state index in [0.29, 0.717) is 5.56 Å².